The summed E-state index contributed by atoms with van der Waals surface area (Å²) in [7, 11) is 1.82. The van der Waals surface area contributed by atoms with E-state index in [1.807, 2.05) is 38.2 Å². The number of fused-ring (bicyclic) bond motifs is 1. The van der Waals surface area contributed by atoms with Crippen LogP contribution in [0.15, 0.2) is 24.3 Å². The van der Waals surface area contributed by atoms with Crippen molar-refractivity contribution in [3.8, 4) is 5.75 Å². The lowest BCUT2D eigenvalue weighted by Crippen LogP contribution is -2.38. The molecule has 0 atom stereocenters. The standard InChI is InChI=1S/C16H20N4O2S/c1-12-15(23-18-17-12)10-19(2)16(21)11-20-7-8-22-14-6-4-3-5-13(14)9-20/h3-6H,7-11H2,1-2H3. The maximum absolute atomic E-state index is 12.5. The van der Waals surface area contributed by atoms with Crippen LogP contribution in [0.3, 0.4) is 0 Å². The smallest absolute Gasteiger partial charge is 0.236 e. The fourth-order valence-electron chi connectivity index (χ4n) is 2.53. The van der Waals surface area contributed by atoms with E-state index in [1.54, 1.807) is 4.90 Å². The second kappa shape index (κ2) is 7.06. The van der Waals surface area contributed by atoms with E-state index < -0.39 is 0 Å². The zero-order valence-corrected chi connectivity index (χ0v) is 14.2. The van der Waals surface area contributed by atoms with Gasteiger partial charge in [-0.3, -0.25) is 9.69 Å². The van der Waals surface area contributed by atoms with Crippen molar-refractivity contribution >= 4 is 17.4 Å². The Bertz CT molecular complexity index is 688. The number of nitrogens with zero attached hydrogens (tertiary/aromatic N) is 4. The highest BCUT2D eigenvalue weighted by Gasteiger charge is 2.20. The molecule has 1 aliphatic rings. The molecule has 2 aromatic rings. The lowest BCUT2D eigenvalue weighted by Gasteiger charge is -2.23. The quantitative estimate of drug-likeness (QED) is 0.853. The zero-order chi connectivity index (χ0) is 16.2. The third-order valence-corrected chi connectivity index (χ3v) is 4.75. The minimum Gasteiger partial charge on any atom is -0.492 e. The van der Waals surface area contributed by atoms with Crippen molar-refractivity contribution in [2.24, 2.45) is 0 Å². The van der Waals surface area contributed by atoms with Crippen LogP contribution in [0.5, 0.6) is 5.75 Å². The van der Waals surface area contributed by atoms with Crippen molar-refractivity contribution in [1.82, 2.24) is 19.4 Å². The van der Waals surface area contributed by atoms with Gasteiger partial charge in [-0.2, -0.15) is 0 Å². The highest BCUT2D eigenvalue weighted by molar-refractivity contribution is 7.05. The van der Waals surface area contributed by atoms with Crippen LogP contribution in [0.4, 0.5) is 0 Å². The Balaban J connectivity index is 1.60. The van der Waals surface area contributed by atoms with Crippen LogP contribution in [0.1, 0.15) is 16.1 Å². The van der Waals surface area contributed by atoms with Gasteiger partial charge in [0.05, 0.1) is 23.7 Å². The number of aromatic nitrogens is 2. The molecule has 2 heterocycles. The van der Waals surface area contributed by atoms with Crippen LogP contribution in [0, 0.1) is 6.92 Å². The molecular formula is C16H20N4O2S. The Labute approximate surface area is 139 Å². The predicted molar refractivity (Wildman–Crippen MR) is 88.3 cm³/mol. The summed E-state index contributed by atoms with van der Waals surface area (Å²) in [5.41, 5.74) is 2.02. The highest BCUT2D eigenvalue weighted by atomic mass is 32.1. The molecule has 1 amide bonds. The number of rotatable bonds is 4. The van der Waals surface area contributed by atoms with Gasteiger partial charge in [0, 0.05) is 25.7 Å². The third kappa shape index (κ3) is 3.86. The molecule has 0 fully saturated rings. The van der Waals surface area contributed by atoms with Gasteiger partial charge < -0.3 is 9.64 Å². The first-order chi connectivity index (χ1) is 11.1. The highest BCUT2D eigenvalue weighted by Crippen LogP contribution is 2.22. The molecule has 122 valence electrons. The van der Waals surface area contributed by atoms with Gasteiger partial charge in [0.25, 0.3) is 0 Å². The van der Waals surface area contributed by atoms with Crippen LogP contribution in [-0.2, 0) is 17.9 Å². The topological polar surface area (TPSA) is 58.6 Å². The van der Waals surface area contributed by atoms with E-state index in [9.17, 15) is 4.79 Å². The molecule has 0 bridgehead atoms. The number of carbonyl (C=O) groups is 1. The first-order valence-corrected chi connectivity index (χ1v) is 8.35. The van der Waals surface area contributed by atoms with E-state index in [4.69, 9.17) is 4.74 Å². The summed E-state index contributed by atoms with van der Waals surface area (Å²) in [6.45, 7) is 4.95. The molecule has 0 spiro atoms. The zero-order valence-electron chi connectivity index (χ0n) is 13.4. The number of hydrogen-bond donors (Lipinski definition) is 0. The maximum Gasteiger partial charge on any atom is 0.236 e. The fraction of sp³-hybridized carbons (Fsp3) is 0.438. The van der Waals surface area contributed by atoms with Gasteiger partial charge in [0.2, 0.25) is 5.91 Å². The van der Waals surface area contributed by atoms with Crippen LogP contribution in [0.25, 0.3) is 0 Å². The first kappa shape index (κ1) is 15.9. The Kier molecular flexibility index (Phi) is 4.88. The number of ether oxygens (including phenoxy) is 1. The number of hydrogen-bond acceptors (Lipinski definition) is 6. The van der Waals surface area contributed by atoms with Crippen molar-refractivity contribution in [3.63, 3.8) is 0 Å². The van der Waals surface area contributed by atoms with E-state index in [0.717, 1.165) is 35.0 Å². The minimum atomic E-state index is 0.0946. The van der Waals surface area contributed by atoms with Crippen LogP contribution in [0.2, 0.25) is 0 Å². The molecule has 0 radical (unpaired) electrons. The fourth-order valence-corrected chi connectivity index (χ4v) is 3.21. The Morgan fingerprint density at radius 2 is 2.26 bits per heavy atom. The second-order valence-electron chi connectivity index (χ2n) is 5.70. The molecule has 1 aliphatic heterocycles. The molecule has 1 aromatic heterocycles. The van der Waals surface area contributed by atoms with Gasteiger partial charge in [-0.05, 0) is 24.5 Å². The Hall–Kier alpha value is -1.99. The van der Waals surface area contributed by atoms with Gasteiger partial charge in [0.1, 0.15) is 12.4 Å². The lowest BCUT2D eigenvalue weighted by atomic mass is 10.2. The van der Waals surface area contributed by atoms with E-state index in [0.29, 0.717) is 19.7 Å². The molecule has 0 saturated heterocycles. The average molecular weight is 332 g/mol. The van der Waals surface area contributed by atoms with Gasteiger partial charge >= 0.3 is 0 Å². The molecule has 3 rings (SSSR count). The van der Waals surface area contributed by atoms with E-state index in [-0.39, 0.29) is 5.91 Å². The SMILES string of the molecule is Cc1nnsc1CN(C)C(=O)CN1CCOc2ccccc2C1. The number of carbonyl (C=O) groups excluding carboxylic acids is 1. The average Bonchev–Trinajstić information content (AvgIpc) is 2.82. The van der Waals surface area contributed by atoms with Crippen LogP contribution >= 0.6 is 11.5 Å². The summed E-state index contributed by atoms with van der Waals surface area (Å²) in [5.74, 6) is 1.01. The molecule has 23 heavy (non-hydrogen) atoms. The van der Waals surface area contributed by atoms with E-state index in [2.05, 4.69) is 14.5 Å². The molecular weight excluding hydrogens is 312 g/mol. The lowest BCUT2D eigenvalue weighted by molar-refractivity contribution is -0.131. The van der Waals surface area contributed by atoms with Crippen molar-refractivity contribution in [1.29, 1.82) is 0 Å². The number of para-hydroxylation sites is 1. The number of aryl methyl sites for hydroxylation is 1. The Morgan fingerprint density at radius 3 is 3.04 bits per heavy atom. The summed E-state index contributed by atoms with van der Waals surface area (Å²) in [4.78, 5) is 17.4. The van der Waals surface area contributed by atoms with E-state index >= 15 is 0 Å². The summed E-state index contributed by atoms with van der Waals surface area (Å²) < 4.78 is 9.65. The van der Waals surface area contributed by atoms with Crippen LogP contribution < -0.4 is 4.74 Å². The summed E-state index contributed by atoms with van der Waals surface area (Å²) in [6, 6.07) is 8.00. The van der Waals surface area contributed by atoms with Gasteiger partial charge in [-0.25, -0.2) is 0 Å². The van der Waals surface area contributed by atoms with Crippen LogP contribution in [-0.4, -0.2) is 52.0 Å². The predicted octanol–water partition coefficient (Wildman–Crippen LogP) is 1.70. The number of amides is 1. The Morgan fingerprint density at radius 1 is 1.43 bits per heavy atom. The number of benzene rings is 1. The van der Waals surface area contributed by atoms with E-state index in [1.165, 1.54) is 11.5 Å². The maximum atomic E-state index is 12.5. The third-order valence-electron chi connectivity index (χ3n) is 3.94. The van der Waals surface area contributed by atoms with Gasteiger partial charge in [-0.15, -0.1) is 5.10 Å². The molecule has 6 nitrogen and oxygen atoms in total. The summed E-state index contributed by atoms with van der Waals surface area (Å²) >= 11 is 1.35. The molecule has 1 aromatic carbocycles. The van der Waals surface area contributed by atoms with Gasteiger partial charge in [0.15, 0.2) is 0 Å². The molecule has 7 heteroatoms. The minimum absolute atomic E-state index is 0.0946. The number of likely N-dealkylation sites (N-methyl/N-ethyl adjacent to an activating group) is 1. The summed E-state index contributed by atoms with van der Waals surface area (Å²) in [6.07, 6.45) is 0. The van der Waals surface area contributed by atoms with Gasteiger partial charge in [-0.1, -0.05) is 22.7 Å². The molecule has 0 N–H and O–H groups in total. The van der Waals surface area contributed by atoms with Crippen molar-refractivity contribution in [2.75, 3.05) is 26.7 Å². The molecule has 0 unspecified atom stereocenters. The van der Waals surface area contributed by atoms with Crippen molar-refractivity contribution in [2.45, 2.75) is 20.0 Å². The monoisotopic (exact) mass is 332 g/mol. The normalized spacial score (nSPS) is 14.7. The largest absolute Gasteiger partial charge is 0.492 e. The summed E-state index contributed by atoms with van der Waals surface area (Å²) in [5, 5.41) is 3.99. The van der Waals surface area contributed by atoms with Crippen molar-refractivity contribution < 1.29 is 9.53 Å². The first-order valence-electron chi connectivity index (χ1n) is 7.58. The van der Waals surface area contributed by atoms with Crippen molar-refractivity contribution in [3.05, 3.63) is 40.4 Å². The molecule has 0 aliphatic carbocycles. The molecule has 0 saturated carbocycles. The second-order valence-corrected chi connectivity index (χ2v) is 6.54.